The molecule has 1 saturated heterocycles. The van der Waals surface area contributed by atoms with Gasteiger partial charge in [0.25, 0.3) is 5.91 Å². The van der Waals surface area contributed by atoms with Crippen molar-refractivity contribution in [3.05, 3.63) is 23.2 Å². The van der Waals surface area contributed by atoms with Gasteiger partial charge in [-0.05, 0) is 31.9 Å². The van der Waals surface area contributed by atoms with Crippen molar-refractivity contribution in [1.29, 1.82) is 10.5 Å². The average Bonchev–Trinajstić information content (AvgIpc) is 3.36. The molecule has 1 amide bonds. The van der Waals surface area contributed by atoms with Crippen LogP contribution in [-0.2, 0) is 4.79 Å². The van der Waals surface area contributed by atoms with Crippen LogP contribution in [0.3, 0.4) is 0 Å². The lowest BCUT2D eigenvalue weighted by molar-refractivity contribution is -0.121. The Kier molecular flexibility index (Phi) is 5.53. The van der Waals surface area contributed by atoms with Crippen molar-refractivity contribution in [2.75, 3.05) is 25.1 Å². The monoisotopic (exact) mass is 382 g/mol. The topological polar surface area (TPSA) is 106 Å². The fraction of sp³-hybridized carbons (Fsp3) is 0.389. The molecule has 1 aliphatic heterocycles. The normalized spacial score (nSPS) is 15.9. The first-order valence-corrected chi connectivity index (χ1v) is 9.40. The molecule has 0 aromatic carbocycles. The molecule has 138 valence electrons. The van der Waals surface area contributed by atoms with Gasteiger partial charge in [-0.25, -0.2) is 9.97 Å². The zero-order chi connectivity index (χ0) is 19.4. The minimum absolute atomic E-state index is 0.154. The number of carbonyl (C=O) groups excluding carboxylic acids is 1. The van der Waals surface area contributed by atoms with Crippen molar-refractivity contribution in [3.63, 3.8) is 0 Å². The maximum Gasteiger partial charge on any atom is 0.251 e. The van der Waals surface area contributed by atoms with Crippen molar-refractivity contribution in [2.24, 2.45) is 0 Å². The summed E-state index contributed by atoms with van der Waals surface area (Å²) in [4.78, 5) is 24.6. The number of likely N-dealkylation sites (N-methyl/N-ethyl adjacent to an activating group) is 1. The van der Waals surface area contributed by atoms with Crippen LogP contribution < -0.4 is 9.64 Å². The lowest BCUT2D eigenvalue weighted by atomic mass is 10.2. The summed E-state index contributed by atoms with van der Waals surface area (Å²) in [6.45, 7) is 2.93. The van der Waals surface area contributed by atoms with Gasteiger partial charge in [0.15, 0.2) is 11.3 Å². The van der Waals surface area contributed by atoms with Crippen molar-refractivity contribution < 1.29 is 9.53 Å². The molecule has 27 heavy (non-hydrogen) atoms. The third kappa shape index (κ3) is 3.69. The van der Waals surface area contributed by atoms with Gasteiger partial charge >= 0.3 is 0 Å². The number of hydrogen-bond donors (Lipinski definition) is 0. The molecule has 0 unspecified atom stereocenters. The fourth-order valence-corrected chi connectivity index (χ4v) is 3.73. The summed E-state index contributed by atoms with van der Waals surface area (Å²) in [6.07, 6.45) is 3.56. The number of ether oxygens (including phenoxy) is 1. The summed E-state index contributed by atoms with van der Waals surface area (Å²) in [7, 11) is 1.65. The first-order chi connectivity index (χ1) is 13.1. The van der Waals surface area contributed by atoms with Gasteiger partial charge in [-0.2, -0.15) is 10.5 Å². The summed E-state index contributed by atoms with van der Waals surface area (Å²) in [5.41, 5.74) is 1.28. The van der Waals surface area contributed by atoms with Crippen LogP contribution in [0.25, 0.3) is 11.4 Å². The Hall–Kier alpha value is -3.17. The largest absolute Gasteiger partial charge is 0.492 e. The summed E-state index contributed by atoms with van der Waals surface area (Å²) in [6, 6.07) is 4.86. The van der Waals surface area contributed by atoms with Crippen molar-refractivity contribution in [2.45, 2.75) is 25.8 Å². The first-order valence-electron chi connectivity index (χ1n) is 8.52. The number of amides is 1. The second-order valence-corrected chi connectivity index (χ2v) is 6.79. The number of nitriles is 2. The SMILES string of the molecule is CCOc1ccc(C#N)nc1-c1csc(N(C)C(=O)[C@@H]2CCCN2C#N)n1. The van der Waals surface area contributed by atoms with E-state index in [1.54, 1.807) is 24.6 Å². The van der Waals surface area contributed by atoms with E-state index in [9.17, 15) is 4.79 Å². The smallest absolute Gasteiger partial charge is 0.251 e. The van der Waals surface area contributed by atoms with Gasteiger partial charge in [0.2, 0.25) is 0 Å². The Morgan fingerprint density at radius 1 is 1.44 bits per heavy atom. The van der Waals surface area contributed by atoms with Gasteiger partial charge in [0, 0.05) is 19.0 Å². The molecular formula is C18H18N6O2S. The Labute approximate surface area is 161 Å². The van der Waals surface area contributed by atoms with E-state index in [1.807, 2.05) is 13.0 Å². The molecule has 8 nitrogen and oxygen atoms in total. The van der Waals surface area contributed by atoms with E-state index in [2.05, 4.69) is 16.2 Å². The molecule has 0 bridgehead atoms. The Morgan fingerprint density at radius 3 is 2.96 bits per heavy atom. The number of carbonyl (C=O) groups is 1. The maximum atomic E-state index is 12.7. The van der Waals surface area contributed by atoms with Crippen LogP contribution in [0.1, 0.15) is 25.5 Å². The zero-order valence-electron chi connectivity index (χ0n) is 15.0. The summed E-state index contributed by atoms with van der Waals surface area (Å²) in [5.74, 6) is 0.382. The number of likely N-dealkylation sites (tertiary alicyclic amines) is 1. The molecule has 3 heterocycles. The molecule has 1 aliphatic rings. The summed E-state index contributed by atoms with van der Waals surface area (Å²) < 4.78 is 5.59. The highest BCUT2D eigenvalue weighted by atomic mass is 32.1. The first kappa shape index (κ1) is 18.6. The Bertz CT molecular complexity index is 929. The highest BCUT2D eigenvalue weighted by molar-refractivity contribution is 7.14. The standard InChI is InChI=1S/C18H18N6O2S/c1-3-26-15-7-6-12(9-19)21-16(15)13-10-27-18(22-13)23(2)17(25)14-5-4-8-24(14)11-20/h6-7,10,14H,3-5,8H2,1-2H3/t14-/m0/s1. The van der Waals surface area contributed by atoms with Gasteiger partial charge in [0.05, 0.1) is 6.61 Å². The van der Waals surface area contributed by atoms with Gasteiger partial charge in [-0.1, -0.05) is 0 Å². The van der Waals surface area contributed by atoms with Crippen LogP contribution in [-0.4, -0.2) is 47.0 Å². The van der Waals surface area contributed by atoms with E-state index in [0.29, 0.717) is 41.8 Å². The molecule has 1 atom stereocenters. The van der Waals surface area contributed by atoms with Crippen LogP contribution in [0.4, 0.5) is 5.13 Å². The molecule has 1 fully saturated rings. The lowest BCUT2D eigenvalue weighted by Crippen LogP contribution is -2.42. The van der Waals surface area contributed by atoms with Gasteiger partial charge in [-0.3, -0.25) is 14.6 Å². The van der Waals surface area contributed by atoms with Gasteiger partial charge < -0.3 is 4.74 Å². The fourth-order valence-electron chi connectivity index (χ4n) is 2.95. The van der Waals surface area contributed by atoms with E-state index in [1.165, 1.54) is 21.1 Å². The van der Waals surface area contributed by atoms with E-state index in [0.717, 1.165) is 6.42 Å². The third-order valence-corrected chi connectivity index (χ3v) is 5.21. The second kappa shape index (κ2) is 8.02. The number of pyridine rings is 1. The molecule has 2 aromatic rings. The van der Waals surface area contributed by atoms with Crippen molar-refractivity contribution in [1.82, 2.24) is 14.9 Å². The van der Waals surface area contributed by atoms with Crippen LogP contribution in [0.2, 0.25) is 0 Å². The van der Waals surface area contributed by atoms with Crippen molar-refractivity contribution >= 4 is 22.4 Å². The zero-order valence-corrected chi connectivity index (χ0v) is 15.9. The third-order valence-electron chi connectivity index (χ3n) is 4.29. The maximum absolute atomic E-state index is 12.7. The van der Waals surface area contributed by atoms with Crippen molar-refractivity contribution in [3.8, 4) is 29.4 Å². The second-order valence-electron chi connectivity index (χ2n) is 5.95. The van der Waals surface area contributed by atoms with Crippen LogP contribution in [0.15, 0.2) is 17.5 Å². The number of thiazole rings is 1. The lowest BCUT2D eigenvalue weighted by Gasteiger charge is -2.22. The van der Waals surface area contributed by atoms with E-state index in [4.69, 9.17) is 15.3 Å². The average molecular weight is 382 g/mol. The van der Waals surface area contributed by atoms with Gasteiger partial charge in [0.1, 0.15) is 34.9 Å². The number of aromatic nitrogens is 2. The summed E-state index contributed by atoms with van der Waals surface area (Å²) >= 11 is 1.30. The minimum atomic E-state index is -0.439. The Balaban J connectivity index is 1.88. The molecule has 0 radical (unpaired) electrons. The predicted octanol–water partition coefficient (Wildman–Crippen LogP) is 2.38. The van der Waals surface area contributed by atoms with Crippen LogP contribution in [0.5, 0.6) is 5.75 Å². The van der Waals surface area contributed by atoms with Gasteiger partial charge in [-0.15, -0.1) is 11.3 Å². The molecule has 3 rings (SSSR count). The highest BCUT2D eigenvalue weighted by Crippen LogP contribution is 2.32. The number of nitrogens with zero attached hydrogens (tertiary/aromatic N) is 6. The molecule has 0 aliphatic carbocycles. The van der Waals surface area contributed by atoms with E-state index in [-0.39, 0.29) is 11.6 Å². The summed E-state index contributed by atoms with van der Waals surface area (Å²) in [5, 5.41) is 20.6. The highest BCUT2D eigenvalue weighted by Gasteiger charge is 2.33. The molecular weight excluding hydrogens is 364 g/mol. The quantitative estimate of drug-likeness (QED) is 0.731. The predicted molar refractivity (Wildman–Crippen MR) is 100.0 cm³/mol. The molecule has 0 saturated carbocycles. The molecule has 0 spiro atoms. The van der Waals surface area contributed by atoms with E-state index >= 15 is 0 Å². The van der Waals surface area contributed by atoms with E-state index < -0.39 is 6.04 Å². The number of hydrogen-bond acceptors (Lipinski definition) is 8. The Morgan fingerprint density at radius 2 is 2.26 bits per heavy atom. The van der Waals surface area contributed by atoms with Crippen LogP contribution in [0, 0.1) is 22.8 Å². The molecule has 2 aromatic heterocycles. The number of rotatable bonds is 5. The molecule has 9 heteroatoms. The minimum Gasteiger partial charge on any atom is -0.492 e. The molecule has 0 N–H and O–H groups in total. The number of anilines is 1. The van der Waals surface area contributed by atoms with Crippen LogP contribution >= 0.6 is 11.3 Å².